The summed E-state index contributed by atoms with van der Waals surface area (Å²) in [5, 5.41) is 14.6. The molecule has 4 bridgehead atoms. The lowest BCUT2D eigenvalue weighted by molar-refractivity contribution is -0.162. The fourth-order valence-electron chi connectivity index (χ4n) is 6.79. The highest BCUT2D eigenvalue weighted by molar-refractivity contribution is 6.34. The van der Waals surface area contributed by atoms with Crippen molar-refractivity contribution in [1.29, 1.82) is 0 Å². The summed E-state index contributed by atoms with van der Waals surface area (Å²) in [7, 11) is 3.21. The first-order chi connectivity index (χ1) is 23.0. The van der Waals surface area contributed by atoms with Gasteiger partial charge in [-0.25, -0.2) is 9.59 Å². The first-order valence-corrected chi connectivity index (χ1v) is 17.5. The standard InChI is InChI=1S/C37H52ClN3O8/c1-9-47-14-13-31(42)40(7)25(5)34(44)49-30-19-32(43)41(8)29-17-26(16-23(3)33(29)38)15-22(2)11-10-12-24(4)37(46)21-28(48-35(45)39-37)18-27-20-36(27,30)6/h10-12,16-17,24-25,27-28,30,46H,9,13-15,18-21H2,1-8H3,(H,39,45)/b12-10+,22-11+/t24-,25-,27?,28-,30+,36-,37+/m1/s1. The summed E-state index contributed by atoms with van der Waals surface area (Å²) < 4.78 is 17.1. The Kier molecular flexibility index (Phi) is 12.3. The molecule has 2 fully saturated rings. The van der Waals surface area contributed by atoms with Gasteiger partial charge in [-0.2, -0.15) is 0 Å². The van der Waals surface area contributed by atoms with Crippen LogP contribution in [0.4, 0.5) is 10.5 Å². The summed E-state index contributed by atoms with van der Waals surface area (Å²) in [5.74, 6) is -1.67. The molecular weight excluding hydrogens is 650 g/mol. The smallest absolute Gasteiger partial charge is 0.409 e. The van der Waals surface area contributed by atoms with Crippen molar-refractivity contribution >= 4 is 41.2 Å². The number of nitrogens with zero attached hydrogens (tertiary/aromatic N) is 2. The van der Waals surface area contributed by atoms with Gasteiger partial charge in [-0.15, -0.1) is 0 Å². The van der Waals surface area contributed by atoms with Gasteiger partial charge >= 0.3 is 12.1 Å². The Morgan fingerprint density at radius 2 is 1.96 bits per heavy atom. The van der Waals surface area contributed by atoms with Crippen LogP contribution >= 0.6 is 11.6 Å². The number of aliphatic hydroxyl groups is 1. The second-order valence-corrected chi connectivity index (χ2v) is 14.6. The van der Waals surface area contributed by atoms with E-state index in [9.17, 15) is 24.3 Å². The maximum absolute atomic E-state index is 14.0. The number of ether oxygens (including phenoxy) is 3. The molecule has 270 valence electrons. The predicted molar refractivity (Wildman–Crippen MR) is 187 cm³/mol. The fraction of sp³-hybridized carbons (Fsp3) is 0.622. The number of carbonyl (C=O) groups excluding carboxylic acids is 4. The molecule has 1 saturated carbocycles. The van der Waals surface area contributed by atoms with E-state index in [0.29, 0.717) is 36.6 Å². The molecule has 2 heterocycles. The van der Waals surface area contributed by atoms with Crippen molar-refractivity contribution in [2.45, 2.75) is 104 Å². The van der Waals surface area contributed by atoms with Crippen molar-refractivity contribution in [3.05, 3.63) is 52.1 Å². The number of rotatable bonds is 7. The average Bonchev–Trinajstić information content (AvgIpc) is 3.69. The Morgan fingerprint density at radius 1 is 1.24 bits per heavy atom. The maximum Gasteiger partial charge on any atom is 0.409 e. The number of allylic oxidation sites excluding steroid dienone is 3. The number of esters is 1. The van der Waals surface area contributed by atoms with Gasteiger partial charge in [0.25, 0.3) is 0 Å². The lowest BCUT2D eigenvalue weighted by Crippen LogP contribution is -2.59. The maximum atomic E-state index is 14.0. The van der Waals surface area contributed by atoms with Gasteiger partial charge in [0.1, 0.15) is 24.0 Å². The number of hydrogen-bond donors (Lipinski definition) is 2. The molecular formula is C37H52ClN3O8. The van der Waals surface area contributed by atoms with E-state index in [1.807, 2.05) is 65.0 Å². The number of halogens is 1. The van der Waals surface area contributed by atoms with E-state index in [-0.39, 0.29) is 43.6 Å². The quantitative estimate of drug-likeness (QED) is 0.282. The van der Waals surface area contributed by atoms with Gasteiger partial charge in [-0.1, -0.05) is 55.3 Å². The minimum atomic E-state index is -1.52. The number of fused-ring (bicyclic) bond motifs is 5. The van der Waals surface area contributed by atoms with Crippen LogP contribution in [0.3, 0.4) is 0 Å². The number of hydrogen-bond acceptors (Lipinski definition) is 8. The van der Waals surface area contributed by atoms with Crippen molar-refractivity contribution in [3.8, 4) is 0 Å². The fourth-order valence-corrected chi connectivity index (χ4v) is 7.03. The third kappa shape index (κ3) is 9.04. The first-order valence-electron chi connectivity index (χ1n) is 17.1. The number of carbonyl (C=O) groups is 4. The summed E-state index contributed by atoms with van der Waals surface area (Å²) in [4.78, 5) is 55.8. The van der Waals surface area contributed by atoms with Crippen molar-refractivity contribution in [1.82, 2.24) is 10.2 Å². The highest BCUT2D eigenvalue weighted by atomic mass is 35.5. The molecule has 3 aliphatic rings. The molecule has 0 radical (unpaired) electrons. The lowest BCUT2D eigenvalue weighted by atomic mass is 9.87. The van der Waals surface area contributed by atoms with Crippen molar-refractivity contribution in [2.75, 3.05) is 32.2 Å². The molecule has 1 aliphatic carbocycles. The SMILES string of the molecule is CCOCCC(=O)N(C)[C@H](C)C(=O)O[C@H]1CC(=O)N(C)c2cc(cc(C)c2Cl)C/C(C)=C/C=C/[C@@H](C)[C@@]2(O)C[C@@H](CC3C[C@]31C)OC(=O)N2. The monoisotopic (exact) mass is 701 g/mol. The van der Waals surface area contributed by atoms with Gasteiger partial charge in [-0.05, 0) is 70.1 Å². The molecule has 2 aliphatic heterocycles. The molecule has 1 unspecified atom stereocenters. The zero-order valence-electron chi connectivity index (χ0n) is 30.0. The molecule has 12 heteroatoms. The summed E-state index contributed by atoms with van der Waals surface area (Å²) in [6, 6.07) is 2.99. The van der Waals surface area contributed by atoms with Crippen molar-refractivity contribution in [3.63, 3.8) is 0 Å². The van der Waals surface area contributed by atoms with Crippen molar-refractivity contribution in [2.24, 2.45) is 17.3 Å². The van der Waals surface area contributed by atoms with Crippen LogP contribution in [0.2, 0.25) is 5.02 Å². The van der Waals surface area contributed by atoms with E-state index in [1.165, 1.54) is 9.80 Å². The second-order valence-electron chi connectivity index (χ2n) is 14.2. The van der Waals surface area contributed by atoms with Crippen molar-refractivity contribution < 1.29 is 38.5 Å². The van der Waals surface area contributed by atoms with Gasteiger partial charge in [0, 0.05) is 38.5 Å². The summed E-state index contributed by atoms with van der Waals surface area (Å²) in [6.45, 7) is 11.9. The van der Waals surface area contributed by atoms with E-state index in [1.54, 1.807) is 21.0 Å². The summed E-state index contributed by atoms with van der Waals surface area (Å²) >= 11 is 6.76. The van der Waals surface area contributed by atoms with Gasteiger partial charge in [-0.3, -0.25) is 14.9 Å². The van der Waals surface area contributed by atoms with E-state index in [4.69, 9.17) is 25.8 Å². The Bertz CT molecular complexity index is 1500. The molecule has 49 heavy (non-hydrogen) atoms. The molecule has 3 amide bonds. The third-order valence-electron chi connectivity index (χ3n) is 10.5. The Morgan fingerprint density at radius 3 is 2.65 bits per heavy atom. The number of nitrogens with one attached hydrogen (secondary N) is 1. The zero-order valence-corrected chi connectivity index (χ0v) is 30.8. The van der Waals surface area contributed by atoms with Crippen LogP contribution in [0, 0.1) is 24.2 Å². The topological polar surface area (TPSA) is 135 Å². The molecule has 0 spiro atoms. The predicted octanol–water partition coefficient (Wildman–Crippen LogP) is 5.48. The van der Waals surface area contributed by atoms with Gasteiger partial charge < -0.3 is 29.1 Å². The Labute approximate surface area is 295 Å². The van der Waals surface area contributed by atoms with Gasteiger partial charge in [0.15, 0.2) is 0 Å². The average molecular weight is 702 g/mol. The van der Waals surface area contributed by atoms with Crippen LogP contribution in [0.15, 0.2) is 35.9 Å². The van der Waals surface area contributed by atoms with Crippen LogP contribution in [-0.2, 0) is 35.0 Å². The molecule has 1 aromatic rings. The van der Waals surface area contributed by atoms with Crippen LogP contribution in [0.25, 0.3) is 0 Å². The van der Waals surface area contributed by atoms with E-state index < -0.39 is 47.4 Å². The lowest BCUT2D eigenvalue weighted by Gasteiger charge is -2.40. The highest BCUT2D eigenvalue weighted by Gasteiger charge is 2.59. The normalized spacial score (nSPS) is 31.3. The number of benzene rings is 1. The minimum absolute atomic E-state index is 0.0721. The molecule has 1 saturated heterocycles. The van der Waals surface area contributed by atoms with Gasteiger partial charge in [0.05, 0.1) is 30.2 Å². The molecule has 11 nitrogen and oxygen atoms in total. The molecule has 2 N–H and O–H groups in total. The third-order valence-corrected chi connectivity index (χ3v) is 11.0. The molecule has 1 aromatic carbocycles. The number of alkyl carbamates (subject to hydrolysis) is 1. The van der Waals surface area contributed by atoms with Gasteiger partial charge in [0.2, 0.25) is 11.8 Å². The summed E-state index contributed by atoms with van der Waals surface area (Å²) in [6.07, 6.45) is 5.35. The van der Waals surface area contributed by atoms with Crippen LogP contribution in [0.1, 0.15) is 77.8 Å². The van der Waals surface area contributed by atoms with Crippen LogP contribution < -0.4 is 10.2 Å². The Hall–Kier alpha value is -3.41. The second kappa shape index (κ2) is 15.6. The molecule has 4 rings (SSSR count). The van der Waals surface area contributed by atoms with E-state index in [2.05, 4.69) is 5.32 Å². The largest absolute Gasteiger partial charge is 0.460 e. The minimum Gasteiger partial charge on any atom is -0.460 e. The Balaban J connectivity index is 1.68. The number of amides is 3. The first kappa shape index (κ1) is 38.4. The molecule has 0 aromatic heterocycles. The van der Waals surface area contributed by atoms with E-state index in [0.717, 1.165) is 16.7 Å². The molecule has 7 atom stereocenters. The highest BCUT2D eigenvalue weighted by Crippen LogP contribution is 2.59. The zero-order chi connectivity index (χ0) is 36.3. The summed E-state index contributed by atoms with van der Waals surface area (Å²) in [5.41, 5.74) is 1.24. The van der Waals surface area contributed by atoms with E-state index >= 15 is 0 Å². The van der Waals surface area contributed by atoms with Crippen LogP contribution in [0.5, 0.6) is 0 Å². The number of anilines is 1. The number of likely N-dealkylation sites (N-methyl/N-ethyl adjacent to an activating group) is 1. The number of aryl methyl sites for hydroxylation is 1. The van der Waals surface area contributed by atoms with Crippen LogP contribution in [-0.4, -0.2) is 85.2 Å².